The lowest BCUT2D eigenvalue weighted by atomic mass is 9.61. The van der Waals surface area contributed by atoms with Crippen molar-refractivity contribution in [3.05, 3.63) is 64.7 Å². The van der Waals surface area contributed by atoms with Gasteiger partial charge in [0.15, 0.2) is 0 Å². The number of nitrogens with zero attached hydrogens (tertiary/aromatic N) is 1. The van der Waals surface area contributed by atoms with Crippen LogP contribution < -0.4 is 5.32 Å². The lowest BCUT2D eigenvalue weighted by Gasteiger charge is -2.56. The van der Waals surface area contributed by atoms with Crippen molar-refractivity contribution in [3.8, 4) is 0 Å². The molecular formula is C23H28N2. The van der Waals surface area contributed by atoms with Gasteiger partial charge in [0.1, 0.15) is 0 Å². The number of rotatable bonds is 0. The Labute approximate surface area is 151 Å². The predicted octanol–water partition coefficient (Wildman–Crippen LogP) is 4.51. The van der Waals surface area contributed by atoms with E-state index in [-0.39, 0.29) is 5.41 Å². The zero-order chi connectivity index (χ0) is 17.2. The normalized spacial score (nSPS) is 29.6. The van der Waals surface area contributed by atoms with Crippen molar-refractivity contribution < 1.29 is 0 Å². The van der Waals surface area contributed by atoms with Crippen LogP contribution in [0.4, 0.5) is 5.69 Å². The molecule has 2 aromatic carbocycles. The summed E-state index contributed by atoms with van der Waals surface area (Å²) < 4.78 is 0. The predicted molar refractivity (Wildman–Crippen MR) is 104 cm³/mol. The fraction of sp³-hybridized carbons (Fsp3) is 0.478. The summed E-state index contributed by atoms with van der Waals surface area (Å²) in [5, 5.41) is 4.01. The van der Waals surface area contributed by atoms with Crippen LogP contribution in [0.15, 0.2) is 42.5 Å². The first-order valence-electron chi connectivity index (χ1n) is 9.73. The quantitative estimate of drug-likeness (QED) is 0.763. The topological polar surface area (TPSA) is 15.3 Å². The molecule has 0 spiro atoms. The van der Waals surface area contributed by atoms with Crippen molar-refractivity contribution in [2.75, 3.05) is 11.9 Å². The van der Waals surface area contributed by atoms with Crippen LogP contribution in [-0.4, -0.2) is 23.5 Å². The van der Waals surface area contributed by atoms with E-state index in [1.54, 1.807) is 5.56 Å². The summed E-state index contributed by atoms with van der Waals surface area (Å²) in [7, 11) is 0. The molecule has 0 radical (unpaired) electrons. The molecule has 2 heteroatoms. The van der Waals surface area contributed by atoms with Gasteiger partial charge in [0.2, 0.25) is 0 Å². The third-order valence-corrected chi connectivity index (χ3v) is 7.17. The number of nitrogens with one attached hydrogen (secondary N) is 1. The van der Waals surface area contributed by atoms with Crippen molar-refractivity contribution in [1.29, 1.82) is 0 Å². The summed E-state index contributed by atoms with van der Waals surface area (Å²) in [6, 6.07) is 17.0. The Morgan fingerprint density at radius 2 is 1.84 bits per heavy atom. The highest BCUT2D eigenvalue weighted by Crippen LogP contribution is 2.49. The minimum absolute atomic E-state index is 0.236. The number of fused-ring (bicyclic) bond motifs is 5. The average Bonchev–Trinajstić information content (AvgIpc) is 2.61. The van der Waals surface area contributed by atoms with E-state index < -0.39 is 0 Å². The average molecular weight is 332 g/mol. The number of anilines is 1. The summed E-state index contributed by atoms with van der Waals surface area (Å²) in [4.78, 5) is 2.73. The number of hydrogen-bond donors (Lipinski definition) is 1. The van der Waals surface area contributed by atoms with Gasteiger partial charge in [0.25, 0.3) is 0 Å². The van der Waals surface area contributed by atoms with E-state index in [2.05, 4.69) is 73.5 Å². The monoisotopic (exact) mass is 332 g/mol. The fourth-order valence-corrected chi connectivity index (χ4v) is 5.72. The van der Waals surface area contributed by atoms with Gasteiger partial charge in [-0.05, 0) is 59.9 Å². The summed E-state index contributed by atoms with van der Waals surface area (Å²) >= 11 is 0. The number of piperidine rings is 1. The van der Waals surface area contributed by atoms with Crippen LogP contribution >= 0.6 is 0 Å². The summed E-state index contributed by atoms with van der Waals surface area (Å²) in [5.74, 6) is 0.702. The molecular weight excluding hydrogens is 304 g/mol. The molecule has 1 fully saturated rings. The van der Waals surface area contributed by atoms with Gasteiger partial charge in [-0.1, -0.05) is 56.3 Å². The first-order chi connectivity index (χ1) is 12.1. The number of hydrogen-bond acceptors (Lipinski definition) is 2. The van der Waals surface area contributed by atoms with Gasteiger partial charge in [-0.3, -0.25) is 4.90 Å². The smallest absolute Gasteiger partial charge is 0.0457 e. The Balaban J connectivity index is 1.57. The molecule has 5 rings (SSSR count). The summed E-state index contributed by atoms with van der Waals surface area (Å²) in [6.07, 6.45) is 2.47. The fourth-order valence-electron chi connectivity index (χ4n) is 5.72. The Morgan fingerprint density at radius 3 is 2.68 bits per heavy atom. The lowest BCUT2D eigenvalue weighted by molar-refractivity contribution is 0.0493. The van der Waals surface area contributed by atoms with Gasteiger partial charge in [0, 0.05) is 24.3 Å². The molecule has 0 aromatic heterocycles. The molecule has 0 bridgehead atoms. The Kier molecular flexibility index (Phi) is 3.31. The SMILES string of the molecule is Cc1cccc2c1N[C@@H]1[C@@H]3Cc4ccccc4CN3CC[C@@H]1C2(C)C. The highest BCUT2D eigenvalue weighted by atomic mass is 15.2. The molecule has 1 saturated heterocycles. The molecule has 2 aromatic rings. The maximum Gasteiger partial charge on any atom is 0.0457 e. The van der Waals surface area contributed by atoms with Gasteiger partial charge >= 0.3 is 0 Å². The molecule has 2 nitrogen and oxygen atoms in total. The second kappa shape index (κ2) is 5.35. The Bertz CT molecular complexity index is 823. The van der Waals surface area contributed by atoms with Crippen molar-refractivity contribution >= 4 is 5.69 Å². The Hall–Kier alpha value is -1.80. The molecule has 0 unspecified atom stereocenters. The maximum atomic E-state index is 4.01. The van der Waals surface area contributed by atoms with Crippen molar-refractivity contribution in [2.45, 2.75) is 57.7 Å². The standard InChI is InChI=1S/C23H28N2/c1-15-7-6-10-18-21(15)24-22-19(23(18,2)3)11-12-25-14-17-9-5-4-8-16(17)13-20(22)25/h4-10,19-20,22,24H,11-14H2,1-3H3/t19-,20-,22-/m0/s1. The summed E-state index contributed by atoms with van der Waals surface area (Å²) in [5.41, 5.74) is 7.62. The van der Waals surface area contributed by atoms with Gasteiger partial charge in [-0.25, -0.2) is 0 Å². The van der Waals surface area contributed by atoms with Crippen LogP contribution in [0.1, 0.15) is 42.5 Å². The van der Waals surface area contributed by atoms with Crippen molar-refractivity contribution in [3.63, 3.8) is 0 Å². The second-order valence-corrected chi connectivity index (χ2v) is 8.80. The van der Waals surface area contributed by atoms with E-state index in [9.17, 15) is 0 Å². The molecule has 3 heterocycles. The van der Waals surface area contributed by atoms with Crippen LogP contribution in [-0.2, 0) is 18.4 Å². The molecule has 3 aliphatic rings. The van der Waals surface area contributed by atoms with Crippen LogP contribution in [0.25, 0.3) is 0 Å². The minimum atomic E-state index is 0.236. The van der Waals surface area contributed by atoms with E-state index in [0.717, 1.165) is 6.54 Å². The van der Waals surface area contributed by atoms with Crippen LogP contribution in [0.5, 0.6) is 0 Å². The van der Waals surface area contributed by atoms with E-state index in [1.165, 1.54) is 41.8 Å². The first kappa shape index (κ1) is 15.5. The van der Waals surface area contributed by atoms with E-state index in [0.29, 0.717) is 18.0 Å². The molecule has 3 atom stereocenters. The Morgan fingerprint density at radius 1 is 1.04 bits per heavy atom. The second-order valence-electron chi connectivity index (χ2n) is 8.80. The summed E-state index contributed by atoms with van der Waals surface area (Å²) in [6.45, 7) is 9.53. The van der Waals surface area contributed by atoms with Crippen LogP contribution in [0, 0.1) is 12.8 Å². The van der Waals surface area contributed by atoms with Gasteiger partial charge in [-0.15, -0.1) is 0 Å². The molecule has 130 valence electrons. The maximum absolute atomic E-state index is 4.01. The van der Waals surface area contributed by atoms with E-state index in [4.69, 9.17) is 0 Å². The third-order valence-electron chi connectivity index (χ3n) is 7.17. The zero-order valence-electron chi connectivity index (χ0n) is 15.5. The molecule has 25 heavy (non-hydrogen) atoms. The van der Waals surface area contributed by atoms with Gasteiger partial charge in [0.05, 0.1) is 0 Å². The molecule has 3 aliphatic heterocycles. The van der Waals surface area contributed by atoms with E-state index in [1.807, 2.05) is 0 Å². The number of para-hydroxylation sites is 1. The highest BCUT2D eigenvalue weighted by molar-refractivity contribution is 5.63. The number of benzene rings is 2. The largest absolute Gasteiger partial charge is 0.380 e. The van der Waals surface area contributed by atoms with Gasteiger partial charge < -0.3 is 5.32 Å². The zero-order valence-corrected chi connectivity index (χ0v) is 15.5. The molecule has 1 N–H and O–H groups in total. The molecule has 0 saturated carbocycles. The van der Waals surface area contributed by atoms with E-state index >= 15 is 0 Å². The highest BCUT2D eigenvalue weighted by Gasteiger charge is 2.49. The van der Waals surface area contributed by atoms with Crippen LogP contribution in [0.3, 0.4) is 0 Å². The van der Waals surface area contributed by atoms with Gasteiger partial charge in [-0.2, -0.15) is 0 Å². The van der Waals surface area contributed by atoms with Crippen LogP contribution in [0.2, 0.25) is 0 Å². The lowest BCUT2D eigenvalue weighted by Crippen LogP contribution is -2.62. The van der Waals surface area contributed by atoms with Crippen molar-refractivity contribution in [2.24, 2.45) is 5.92 Å². The molecule has 0 amide bonds. The number of aryl methyl sites for hydroxylation is 1. The minimum Gasteiger partial charge on any atom is -0.380 e. The third kappa shape index (κ3) is 2.20. The molecule has 0 aliphatic carbocycles. The first-order valence-corrected chi connectivity index (χ1v) is 9.73. The van der Waals surface area contributed by atoms with Crippen molar-refractivity contribution in [1.82, 2.24) is 4.90 Å².